The maximum atomic E-state index is 8.38. The highest BCUT2D eigenvalue weighted by Crippen LogP contribution is 2.14. The molecular weight excluding hydrogens is 158 g/mol. The summed E-state index contributed by atoms with van der Waals surface area (Å²) in [7, 11) is 0. The van der Waals surface area contributed by atoms with Gasteiger partial charge < -0.3 is 0 Å². The Morgan fingerprint density at radius 2 is 1.92 bits per heavy atom. The molecule has 0 aromatic heterocycles. The highest BCUT2D eigenvalue weighted by Gasteiger charge is 1.95. The van der Waals surface area contributed by atoms with Crippen molar-refractivity contribution in [2.45, 2.75) is 20.3 Å². The first-order valence-corrected chi connectivity index (χ1v) is 4.35. The quantitative estimate of drug-likeness (QED) is 0.670. The van der Waals surface area contributed by atoms with Crippen LogP contribution in [0.3, 0.4) is 0 Å². The first kappa shape index (κ1) is 9.54. The second-order valence-corrected chi connectivity index (χ2v) is 3.07. The van der Waals surface area contributed by atoms with E-state index in [9.17, 15) is 0 Å². The van der Waals surface area contributed by atoms with Crippen LogP contribution in [0.15, 0.2) is 24.3 Å². The molecule has 0 saturated carbocycles. The summed E-state index contributed by atoms with van der Waals surface area (Å²) in [4.78, 5) is 0. The van der Waals surface area contributed by atoms with E-state index in [4.69, 9.17) is 5.26 Å². The van der Waals surface area contributed by atoms with Gasteiger partial charge in [-0.05, 0) is 30.5 Å². The number of nitrogens with zero attached hydrogens (tertiary/aromatic N) is 1. The van der Waals surface area contributed by atoms with E-state index in [1.807, 2.05) is 18.2 Å². The van der Waals surface area contributed by atoms with Gasteiger partial charge in [0, 0.05) is 0 Å². The summed E-state index contributed by atoms with van der Waals surface area (Å²) < 4.78 is 0. The lowest BCUT2D eigenvalue weighted by molar-refractivity contribution is 1.33. The van der Waals surface area contributed by atoms with Gasteiger partial charge in [0.2, 0.25) is 0 Å². The minimum Gasteiger partial charge on any atom is -0.198 e. The van der Waals surface area contributed by atoms with E-state index in [0.717, 1.165) is 0 Å². The average molecular weight is 171 g/mol. The van der Waals surface area contributed by atoms with Crippen molar-refractivity contribution in [3.63, 3.8) is 0 Å². The zero-order valence-corrected chi connectivity index (χ0v) is 8.04. The summed E-state index contributed by atoms with van der Waals surface area (Å²) in [5.74, 6) is 0. The highest BCUT2D eigenvalue weighted by atomic mass is 14.2. The van der Waals surface area contributed by atoms with E-state index in [0.29, 0.717) is 6.42 Å². The molecule has 1 aromatic rings. The first-order valence-electron chi connectivity index (χ1n) is 4.35. The smallest absolute Gasteiger partial charge is 0.0663 e. The Morgan fingerprint density at radius 1 is 1.31 bits per heavy atom. The molecule has 0 radical (unpaired) electrons. The number of benzene rings is 1. The number of allylic oxidation sites excluding steroid dienone is 1. The van der Waals surface area contributed by atoms with Crippen molar-refractivity contribution in [1.82, 2.24) is 0 Å². The maximum absolute atomic E-state index is 8.38. The molecule has 0 spiro atoms. The van der Waals surface area contributed by atoms with E-state index in [1.54, 1.807) is 0 Å². The molecule has 1 rings (SSSR count). The van der Waals surface area contributed by atoms with E-state index in [-0.39, 0.29) is 0 Å². The zero-order chi connectivity index (χ0) is 9.68. The maximum Gasteiger partial charge on any atom is 0.0663 e. The van der Waals surface area contributed by atoms with Crippen LogP contribution in [-0.2, 0) is 0 Å². The Balaban J connectivity index is 2.94. The molecule has 0 fully saturated rings. The van der Waals surface area contributed by atoms with Crippen LogP contribution in [0.25, 0.3) is 6.08 Å². The summed E-state index contributed by atoms with van der Waals surface area (Å²) >= 11 is 0. The van der Waals surface area contributed by atoms with Crippen LogP contribution in [-0.4, -0.2) is 0 Å². The zero-order valence-electron chi connectivity index (χ0n) is 8.04. The van der Waals surface area contributed by atoms with E-state index in [2.05, 4.69) is 32.0 Å². The lowest BCUT2D eigenvalue weighted by atomic mass is 10.0. The van der Waals surface area contributed by atoms with Gasteiger partial charge in [-0.25, -0.2) is 0 Å². The molecule has 0 saturated heterocycles. The van der Waals surface area contributed by atoms with Crippen molar-refractivity contribution in [1.29, 1.82) is 5.26 Å². The molecule has 66 valence electrons. The second-order valence-electron chi connectivity index (χ2n) is 3.07. The fraction of sp³-hybridized carbons (Fsp3) is 0.250. The lowest BCUT2D eigenvalue weighted by Crippen LogP contribution is -1.84. The fourth-order valence-electron chi connectivity index (χ4n) is 1.32. The van der Waals surface area contributed by atoms with Crippen LogP contribution in [0, 0.1) is 25.2 Å². The molecule has 0 unspecified atom stereocenters. The van der Waals surface area contributed by atoms with Crippen LogP contribution in [0.2, 0.25) is 0 Å². The average Bonchev–Trinajstić information content (AvgIpc) is 2.10. The summed E-state index contributed by atoms with van der Waals surface area (Å²) in [6.45, 7) is 4.16. The molecule has 0 aliphatic rings. The predicted octanol–water partition coefficient (Wildman–Crippen LogP) is 3.23. The third-order valence-electron chi connectivity index (χ3n) is 2.04. The molecule has 0 aliphatic heterocycles. The fourth-order valence-corrected chi connectivity index (χ4v) is 1.32. The van der Waals surface area contributed by atoms with Crippen molar-refractivity contribution >= 4 is 6.08 Å². The molecular formula is C12H13N. The van der Waals surface area contributed by atoms with E-state index >= 15 is 0 Å². The minimum absolute atomic E-state index is 0.480. The van der Waals surface area contributed by atoms with Crippen LogP contribution in [0.1, 0.15) is 23.1 Å². The monoisotopic (exact) mass is 171 g/mol. The largest absolute Gasteiger partial charge is 0.198 e. The molecule has 1 aromatic carbocycles. The van der Waals surface area contributed by atoms with Gasteiger partial charge in [-0.3, -0.25) is 0 Å². The highest BCUT2D eigenvalue weighted by molar-refractivity contribution is 5.57. The Kier molecular flexibility index (Phi) is 3.28. The van der Waals surface area contributed by atoms with Gasteiger partial charge >= 0.3 is 0 Å². The molecule has 1 nitrogen and oxygen atoms in total. The van der Waals surface area contributed by atoms with E-state index in [1.165, 1.54) is 16.7 Å². The third-order valence-corrected chi connectivity index (χ3v) is 2.04. The Bertz CT molecular complexity index is 336. The molecule has 0 aliphatic carbocycles. The molecule has 0 amide bonds. The van der Waals surface area contributed by atoms with Gasteiger partial charge in [-0.1, -0.05) is 30.4 Å². The lowest BCUT2D eigenvalue weighted by Gasteiger charge is -2.03. The van der Waals surface area contributed by atoms with Gasteiger partial charge in [0.05, 0.1) is 12.5 Å². The third kappa shape index (κ3) is 2.45. The standard InChI is InChI=1S/C12H13N/c1-10-6-5-7-11(2)12(10)8-3-4-9-13/h3,5-8H,4H2,1-2H3. The molecule has 1 heteroatoms. The molecule has 13 heavy (non-hydrogen) atoms. The second kappa shape index (κ2) is 4.47. The molecule has 0 N–H and O–H groups in total. The number of aryl methyl sites for hydroxylation is 2. The molecule has 0 heterocycles. The number of hydrogen-bond acceptors (Lipinski definition) is 1. The van der Waals surface area contributed by atoms with Gasteiger partial charge in [0.25, 0.3) is 0 Å². The van der Waals surface area contributed by atoms with Crippen LogP contribution >= 0.6 is 0 Å². The first-order chi connectivity index (χ1) is 6.25. The summed E-state index contributed by atoms with van der Waals surface area (Å²) in [5.41, 5.74) is 3.75. The summed E-state index contributed by atoms with van der Waals surface area (Å²) in [6, 6.07) is 8.30. The van der Waals surface area contributed by atoms with Crippen molar-refractivity contribution in [3.05, 3.63) is 41.0 Å². The molecule has 0 bridgehead atoms. The van der Waals surface area contributed by atoms with Crippen LogP contribution in [0.4, 0.5) is 0 Å². The Morgan fingerprint density at radius 3 is 2.46 bits per heavy atom. The van der Waals surface area contributed by atoms with Crippen LogP contribution < -0.4 is 0 Å². The topological polar surface area (TPSA) is 23.8 Å². The number of hydrogen-bond donors (Lipinski definition) is 0. The minimum atomic E-state index is 0.480. The summed E-state index contributed by atoms with van der Waals surface area (Å²) in [5, 5.41) is 8.38. The number of rotatable bonds is 2. The molecule has 0 atom stereocenters. The predicted molar refractivity (Wildman–Crippen MR) is 55.2 cm³/mol. The Hall–Kier alpha value is -1.55. The van der Waals surface area contributed by atoms with Gasteiger partial charge in [0.15, 0.2) is 0 Å². The van der Waals surface area contributed by atoms with Crippen molar-refractivity contribution in [2.24, 2.45) is 0 Å². The van der Waals surface area contributed by atoms with Gasteiger partial charge in [-0.2, -0.15) is 5.26 Å². The Labute approximate surface area is 79.3 Å². The SMILES string of the molecule is Cc1cccc(C)c1C=CCC#N. The van der Waals surface area contributed by atoms with E-state index < -0.39 is 0 Å². The summed E-state index contributed by atoms with van der Waals surface area (Å²) in [6.07, 6.45) is 4.40. The van der Waals surface area contributed by atoms with Crippen molar-refractivity contribution < 1.29 is 0 Å². The van der Waals surface area contributed by atoms with Gasteiger partial charge in [0.1, 0.15) is 0 Å². The van der Waals surface area contributed by atoms with Gasteiger partial charge in [-0.15, -0.1) is 0 Å². The normalized spacial score (nSPS) is 10.2. The van der Waals surface area contributed by atoms with Crippen molar-refractivity contribution in [2.75, 3.05) is 0 Å². The number of nitriles is 1. The van der Waals surface area contributed by atoms with Crippen molar-refractivity contribution in [3.8, 4) is 6.07 Å². The van der Waals surface area contributed by atoms with Crippen LogP contribution in [0.5, 0.6) is 0 Å².